The van der Waals surface area contributed by atoms with Crippen LogP contribution in [0.25, 0.3) is 0 Å². The third-order valence-corrected chi connectivity index (χ3v) is 1.96. The van der Waals surface area contributed by atoms with Crippen LogP contribution in [0.2, 0.25) is 0 Å². The molecular weight excluding hydrogens is 196 g/mol. The molecule has 0 saturated carbocycles. The third-order valence-electron chi connectivity index (χ3n) is 1.96. The second kappa shape index (κ2) is 8.23. The Hall–Kier alpha value is -1.10. The molecule has 0 aromatic heterocycles. The Balaban J connectivity index is 3.92. The van der Waals surface area contributed by atoms with Crippen LogP contribution < -0.4 is 10.6 Å². The van der Waals surface area contributed by atoms with Crippen LogP contribution >= 0.6 is 0 Å². The van der Waals surface area contributed by atoms with Gasteiger partial charge >= 0.3 is 5.97 Å². The van der Waals surface area contributed by atoms with E-state index in [0.29, 0.717) is 6.42 Å². The highest BCUT2D eigenvalue weighted by molar-refractivity contribution is 5.79. The summed E-state index contributed by atoms with van der Waals surface area (Å²) in [5.41, 5.74) is 0. The smallest absolute Gasteiger partial charge is 0.305 e. The van der Waals surface area contributed by atoms with Crippen LogP contribution in [0.5, 0.6) is 0 Å². The fourth-order valence-electron chi connectivity index (χ4n) is 1.30. The molecule has 3 N–H and O–H groups in total. The maximum absolute atomic E-state index is 11.3. The van der Waals surface area contributed by atoms with Crippen molar-refractivity contribution in [3.8, 4) is 0 Å². The number of carbonyl (C=O) groups is 2. The lowest BCUT2D eigenvalue weighted by Crippen LogP contribution is -2.41. The molecule has 0 aromatic carbocycles. The molecule has 0 aliphatic rings. The maximum Gasteiger partial charge on any atom is 0.305 e. The van der Waals surface area contributed by atoms with Gasteiger partial charge in [0.15, 0.2) is 0 Å². The van der Waals surface area contributed by atoms with E-state index in [9.17, 15) is 9.59 Å². The Labute approximate surface area is 90.2 Å². The molecule has 0 radical (unpaired) electrons. The van der Waals surface area contributed by atoms with Gasteiger partial charge in [-0.15, -0.1) is 0 Å². The minimum atomic E-state index is -0.878. The van der Waals surface area contributed by atoms with Gasteiger partial charge < -0.3 is 15.7 Å². The number of rotatable bonds is 8. The summed E-state index contributed by atoms with van der Waals surface area (Å²) in [6.07, 6.45) is 1.55. The molecule has 5 nitrogen and oxygen atoms in total. The molecule has 0 spiro atoms. The second-order valence-corrected chi connectivity index (χ2v) is 3.43. The summed E-state index contributed by atoms with van der Waals surface area (Å²) in [5.74, 6) is -1.02. The summed E-state index contributed by atoms with van der Waals surface area (Å²) in [7, 11) is 0. The topological polar surface area (TPSA) is 78.4 Å². The summed E-state index contributed by atoms with van der Waals surface area (Å²) >= 11 is 0. The quantitative estimate of drug-likeness (QED) is 0.547. The number of hydrogen-bond donors (Lipinski definition) is 3. The predicted molar refractivity (Wildman–Crippen MR) is 57.6 cm³/mol. The zero-order valence-corrected chi connectivity index (χ0v) is 9.38. The van der Waals surface area contributed by atoms with Crippen molar-refractivity contribution in [3.63, 3.8) is 0 Å². The van der Waals surface area contributed by atoms with Gasteiger partial charge in [0, 0.05) is 6.04 Å². The molecule has 15 heavy (non-hydrogen) atoms. The van der Waals surface area contributed by atoms with Crippen molar-refractivity contribution in [1.29, 1.82) is 0 Å². The third kappa shape index (κ3) is 7.93. The number of carbonyl (C=O) groups excluding carboxylic acids is 1. The van der Waals surface area contributed by atoms with Gasteiger partial charge in [-0.05, 0) is 13.0 Å². The highest BCUT2D eigenvalue weighted by Gasteiger charge is 2.14. The lowest BCUT2D eigenvalue weighted by molar-refractivity contribution is -0.137. The van der Waals surface area contributed by atoms with E-state index in [0.717, 1.165) is 13.0 Å². The molecule has 0 saturated heterocycles. The molecular formula is C10H20N2O3. The number of carboxylic acids is 1. The number of likely N-dealkylation sites (N-methyl/N-ethyl adjacent to an activating group) is 1. The number of hydrogen-bond acceptors (Lipinski definition) is 3. The van der Waals surface area contributed by atoms with Crippen LogP contribution in [0.3, 0.4) is 0 Å². The molecule has 0 aliphatic carbocycles. The molecule has 88 valence electrons. The normalized spacial score (nSPS) is 12.1. The Bertz CT molecular complexity index is 207. The van der Waals surface area contributed by atoms with Crippen molar-refractivity contribution in [2.75, 3.05) is 13.1 Å². The van der Waals surface area contributed by atoms with Gasteiger partial charge in [-0.25, -0.2) is 0 Å². The average molecular weight is 216 g/mol. The molecule has 0 heterocycles. The molecule has 0 aliphatic heterocycles. The largest absolute Gasteiger partial charge is 0.481 e. The van der Waals surface area contributed by atoms with E-state index in [1.54, 1.807) is 0 Å². The SMILES string of the molecule is CCCC(CC(=O)O)NC(=O)CNCC. The standard InChI is InChI=1S/C10H20N2O3/c1-3-5-8(6-10(14)15)12-9(13)7-11-4-2/h8,11H,3-7H2,1-2H3,(H,12,13)(H,14,15). The summed E-state index contributed by atoms with van der Waals surface area (Å²) in [6.45, 7) is 4.85. The second-order valence-electron chi connectivity index (χ2n) is 3.43. The zero-order valence-electron chi connectivity index (χ0n) is 9.38. The summed E-state index contributed by atoms with van der Waals surface area (Å²) < 4.78 is 0. The van der Waals surface area contributed by atoms with Gasteiger partial charge in [0.05, 0.1) is 13.0 Å². The van der Waals surface area contributed by atoms with Gasteiger partial charge in [-0.1, -0.05) is 20.3 Å². The summed E-state index contributed by atoms with van der Waals surface area (Å²) in [5, 5.41) is 14.2. The number of nitrogens with one attached hydrogen (secondary N) is 2. The van der Waals surface area contributed by atoms with Gasteiger partial charge in [0.1, 0.15) is 0 Å². The summed E-state index contributed by atoms with van der Waals surface area (Å²) in [4.78, 5) is 21.8. The number of amides is 1. The fraction of sp³-hybridized carbons (Fsp3) is 0.800. The molecule has 0 rings (SSSR count). The van der Waals surface area contributed by atoms with Crippen molar-refractivity contribution in [1.82, 2.24) is 10.6 Å². The number of carboxylic acid groups (broad SMARTS) is 1. The van der Waals surface area contributed by atoms with Gasteiger partial charge in [-0.3, -0.25) is 9.59 Å². The van der Waals surface area contributed by atoms with Crippen molar-refractivity contribution >= 4 is 11.9 Å². The predicted octanol–water partition coefficient (Wildman–Crippen LogP) is 0.356. The lowest BCUT2D eigenvalue weighted by atomic mass is 10.1. The molecule has 1 unspecified atom stereocenters. The molecule has 1 amide bonds. The van der Waals surface area contributed by atoms with Crippen LogP contribution in [0.15, 0.2) is 0 Å². The van der Waals surface area contributed by atoms with Crippen molar-refractivity contribution in [3.05, 3.63) is 0 Å². The Morgan fingerprint density at radius 2 is 2.00 bits per heavy atom. The van der Waals surface area contributed by atoms with E-state index in [2.05, 4.69) is 10.6 Å². The number of aliphatic carboxylic acids is 1. The van der Waals surface area contributed by atoms with E-state index in [1.807, 2.05) is 13.8 Å². The molecule has 0 bridgehead atoms. The minimum Gasteiger partial charge on any atom is -0.481 e. The monoisotopic (exact) mass is 216 g/mol. The van der Waals surface area contributed by atoms with E-state index < -0.39 is 5.97 Å². The molecule has 0 fully saturated rings. The van der Waals surface area contributed by atoms with Crippen molar-refractivity contribution in [2.45, 2.75) is 39.2 Å². The van der Waals surface area contributed by atoms with Crippen molar-refractivity contribution in [2.24, 2.45) is 0 Å². The first-order chi connectivity index (χ1) is 7.10. The Kier molecular flexibility index (Phi) is 7.62. The maximum atomic E-state index is 11.3. The fourth-order valence-corrected chi connectivity index (χ4v) is 1.30. The molecule has 0 aromatic rings. The first-order valence-corrected chi connectivity index (χ1v) is 5.32. The first-order valence-electron chi connectivity index (χ1n) is 5.32. The van der Waals surface area contributed by atoms with E-state index in [4.69, 9.17) is 5.11 Å². The Morgan fingerprint density at radius 3 is 2.47 bits per heavy atom. The first kappa shape index (κ1) is 13.9. The van der Waals surface area contributed by atoms with Gasteiger partial charge in [0.25, 0.3) is 0 Å². The lowest BCUT2D eigenvalue weighted by Gasteiger charge is -2.15. The van der Waals surface area contributed by atoms with Crippen LogP contribution in [-0.4, -0.2) is 36.1 Å². The zero-order chi connectivity index (χ0) is 11.7. The van der Waals surface area contributed by atoms with Crippen LogP contribution in [0.4, 0.5) is 0 Å². The molecule has 1 atom stereocenters. The van der Waals surface area contributed by atoms with Crippen LogP contribution in [0, 0.1) is 0 Å². The highest BCUT2D eigenvalue weighted by Crippen LogP contribution is 2.01. The van der Waals surface area contributed by atoms with Gasteiger partial charge in [0.2, 0.25) is 5.91 Å². The minimum absolute atomic E-state index is 0.00823. The average Bonchev–Trinajstić information content (AvgIpc) is 2.14. The van der Waals surface area contributed by atoms with Crippen LogP contribution in [0.1, 0.15) is 33.1 Å². The highest BCUT2D eigenvalue weighted by atomic mass is 16.4. The van der Waals surface area contributed by atoms with E-state index in [-0.39, 0.29) is 24.9 Å². The van der Waals surface area contributed by atoms with E-state index >= 15 is 0 Å². The van der Waals surface area contributed by atoms with Crippen LogP contribution in [-0.2, 0) is 9.59 Å². The van der Waals surface area contributed by atoms with Crippen molar-refractivity contribution < 1.29 is 14.7 Å². The van der Waals surface area contributed by atoms with Gasteiger partial charge in [-0.2, -0.15) is 0 Å². The summed E-state index contributed by atoms with van der Waals surface area (Å²) in [6, 6.07) is -0.251. The van der Waals surface area contributed by atoms with E-state index in [1.165, 1.54) is 0 Å². The molecule has 5 heteroatoms. The Morgan fingerprint density at radius 1 is 1.33 bits per heavy atom.